The second-order valence-corrected chi connectivity index (χ2v) is 5.37. The first-order valence-electron chi connectivity index (χ1n) is 7.53. The standard InChI is InChI=1S/C17H23NO2/c1-2-3-4-5-6-7-8-14-11-13-9-10-15(18)12-16(13)20-17(14)19/h9-12H,2-8,18H2,1H3. The van der Waals surface area contributed by atoms with Gasteiger partial charge in [0.25, 0.3) is 0 Å². The molecule has 3 nitrogen and oxygen atoms in total. The molecule has 0 saturated heterocycles. The van der Waals surface area contributed by atoms with E-state index in [1.807, 2.05) is 18.2 Å². The van der Waals surface area contributed by atoms with E-state index in [9.17, 15) is 4.79 Å². The van der Waals surface area contributed by atoms with Crippen LogP contribution in [-0.2, 0) is 6.42 Å². The van der Waals surface area contributed by atoms with Crippen LogP contribution in [0.3, 0.4) is 0 Å². The van der Waals surface area contributed by atoms with Gasteiger partial charge in [-0.2, -0.15) is 0 Å². The van der Waals surface area contributed by atoms with E-state index in [2.05, 4.69) is 6.92 Å². The molecule has 1 heterocycles. The van der Waals surface area contributed by atoms with Crippen molar-refractivity contribution in [3.8, 4) is 0 Å². The molecule has 2 rings (SSSR count). The summed E-state index contributed by atoms with van der Waals surface area (Å²) in [5, 5.41) is 0.944. The molecule has 3 heteroatoms. The van der Waals surface area contributed by atoms with Crippen molar-refractivity contribution in [2.24, 2.45) is 0 Å². The minimum absolute atomic E-state index is 0.225. The Morgan fingerprint density at radius 3 is 2.60 bits per heavy atom. The summed E-state index contributed by atoms with van der Waals surface area (Å²) in [6.07, 6.45) is 8.14. The maximum absolute atomic E-state index is 11.9. The maximum Gasteiger partial charge on any atom is 0.339 e. The Kier molecular flexibility index (Phi) is 5.22. The van der Waals surface area contributed by atoms with Crippen LogP contribution in [-0.4, -0.2) is 0 Å². The number of unbranched alkanes of at least 4 members (excludes halogenated alkanes) is 5. The lowest BCUT2D eigenvalue weighted by Gasteiger charge is -2.03. The van der Waals surface area contributed by atoms with Crippen molar-refractivity contribution >= 4 is 16.7 Å². The fourth-order valence-corrected chi connectivity index (χ4v) is 2.44. The average molecular weight is 273 g/mol. The predicted molar refractivity (Wildman–Crippen MR) is 84.0 cm³/mol. The van der Waals surface area contributed by atoms with Crippen molar-refractivity contribution in [2.75, 3.05) is 5.73 Å². The lowest BCUT2D eigenvalue weighted by Crippen LogP contribution is -2.07. The monoisotopic (exact) mass is 273 g/mol. The largest absolute Gasteiger partial charge is 0.422 e. The highest BCUT2D eigenvalue weighted by Gasteiger charge is 2.05. The van der Waals surface area contributed by atoms with Crippen LogP contribution in [0.2, 0.25) is 0 Å². The van der Waals surface area contributed by atoms with Gasteiger partial charge >= 0.3 is 5.63 Å². The Labute approximate surface area is 119 Å². The molecule has 0 unspecified atom stereocenters. The van der Waals surface area contributed by atoms with Gasteiger partial charge in [0.2, 0.25) is 0 Å². The Balaban J connectivity index is 1.98. The Morgan fingerprint density at radius 1 is 1.05 bits per heavy atom. The molecule has 108 valence electrons. The second-order valence-electron chi connectivity index (χ2n) is 5.37. The quantitative estimate of drug-likeness (QED) is 0.465. The van der Waals surface area contributed by atoms with Crippen LogP contribution in [0, 0.1) is 0 Å². The van der Waals surface area contributed by atoms with Crippen molar-refractivity contribution in [1.29, 1.82) is 0 Å². The van der Waals surface area contributed by atoms with Crippen molar-refractivity contribution in [3.63, 3.8) is 0 Å². The molecule has 0 aliphatic rings. The molecule has 0 saturated carbocycles. The second kappa shape index (κ2) is 7.13. The van der Waals surface area contributed by atoms with E-state index in [1.54, 1.807) is 6.07 Å². The number of fused-ring (bicyclic) bond motifs is 1. The summed E-state index contributed by atoms with van der Waals surface area (Å²) in [4.78, 5) is 11.9. The highest BCUT2D eigenvalue weighted by Crippen LogP contribution is 2.17. The summed E-state index contributed by atoms with van der Waals surface area (Å²) in [6, 6.07) is 7.37. The zero-order chi connectivity index (χ0) is 14.4. The first kappa shape index (κ1) is 14.6. The fourth-order valence-electron chi connectivity index (χ4n) is 2.44. The summed E-state index contributed by atoms with van der Waals surface area (Å²) in [5.41, 5.74) is 7.42. The van der Waals surface area contributed by atoms with Crippen LogP contribution in [0.4, 0.5) is 5.69 Å². The van der Waals surface area contributed by atoms with E-state index in [4.69, 9.17) is 10.2 Å². The lowest BCUT2D eigenvalue weighted by molar-refractivity contribution is 0.542. The van der Waals surface area contributed by atoms with Gasteiger partial charge in [-0.3, -0.25) is 0 Å². The van der Waals surface area contributed by atoms with Gasteiger partial charge in [-0.15, -0.1) is 0 Å². The average Bonchev–Trinajstić information content (AvgIpc) is 2.43. The van der Waals surface area contributed by atoms with Crippen LogP contribution in [0.1, 0.15) is 51.0 Å². The minimum atomic E-state index is -0.225. The van der Waals surface area contributed by atoms with Gasteiger partial charge in [0.05, 0.1) is 0 Å². The number of nitrogen functional groups attached to an aromatic ring is 1. The SMILES string of the molecule is CCCCCCCCc1cc2ccc(N)cc2oc1=O. The Hall–Kier alpha value is -1.77. The third kappa shape index (κ3) is 3.86. The van der Waals surface area contributed by atoms with E-state index in [-0.39, 0.29) is 5.63 Å². The zero-order valence-electron chi connectivity index (χ0n) is 12.2. The van der Waals surface area contributed by atoms with Gasteiger partial charge in [0, 0.05) is 22.7 Å². The number of anilines is 1. The molecular formula is C17H23NO2. The van der Waals surface area contributed by atoms with Gasteiger partial charge in [0.1, 0.15) is 5.58 Å². The van der Waals surface area contributed by atoms with Crippen molar-refractivity contribution in [1.82, 2.24) is 0 Å². The van der Waals surface area contributed by atoms with Gasteiger partial charge in [-0.05, 0) is 31.0 Å². The summed E-state index contributed by atoms with van der Waals surface area (Å²) in [6.45, 7) is 2.22. The van der Waals surface area contributed by atoms with Crippen molar-refractivity contribution in [3.05, 3.63) is 40.2 Å². The predicted octanol–water partition coefficient (Wildman–Crippen LogP) is 4.28. The molecule has 2 aromatic rings. The molecule has 0 bridgehead atoms. The molecule has 0 radical (unpaired) electrons. The van der Waals surface area contributed by atoms with Gasteiger partial charge < -0.3 is 10.2 Å². The van der Waals surface area contributed by atoms with E-state index in [1.165, 1.54) is 32.1 Å². The first-order chi connectivity index (χ1) is 9.70. The molecule has 0 aliphatic heterocycles. The zero-order valence-corrected chi connectivity index (χ0v) is 12.2. The number of hydrogen-bond acceptors (Lipinski definition) is 3. The lowest BCUT2D eigenvalue weighted by atomic mass is 10.1. The number of hydrogen-bond donors (Lipinski definition) is 1. The first-order valence-corrected chi connectivity index (χ1v) is 7.53. The van der Waals surface area contributed by atoms with Gasteiger partial charge in [-0.1, -0.05) is 39.0 Å². The summed E-state index contributed by atoms with van der Waals surface area (Å²) < 4.78 is 5.33. The number of benzene rings is 1. The third-order valence-electron chi connectivity index (χ3n) is 3.63. The maximum atomic E-state index is 11.9. The molecule has 0 atom stereocenters. The van der Waals surface area contributed by atoms with Gasteiger partial charge in [-0.25, -0.2) is 4.79 Å². The van der Waals surface area contributed by atoms with Crippen LogP contribution in [0.15, 0.2) is 33.5 Å². The summed E-state index contributed by atoms with van der Waals surface area (Å²) in [7, 11) is 0. The molecular weight excluding hydrogens is 250 g/mol. The normalized spacial score (nSPS) is 11.1. The van der Waals surface area contributed by atoms with Crippen LogP contribution in [0.25, 0.3) is 11.0 Å². The van der Waals surface area contributed by atoms with E-state index in [0.717, 1.165) is 23.8 Å². The van der Waals surface area contributed by atoms with Crippen LogP contribution < -0.4 is 11.4 Å². The van der Waals surface area contributed by atoms with Crippen LogP contribution in [0.5, 0.6) is 0 Å². The smallest absolute Gasteiger partial charge is 0.339 e. The highest BCUT2D eigenvalue weighted by molar-refractivity contribution is 5.80. The molecule has 2 N–H and O–H groups in total. The molecule has 1 aromatic carbocycles. The fraction of sp³-hybridized carbons (Fsp3) is 0.471. The Bertz CT molecular complexity index is 616. The van der Waals surface area contributed by atoms with Crippen molar-refractivity contribution in [2.45, 2.75) is 51.9 Å². The molecule has 20 heavy (non-hydrogen) atoms. The molecule has 0 spiro atoms. The van der Waals surface area contributed by atoms with E-state index < -0.39 is 0 Å². The topological polar surface area (TPSA) is 56.2 Å². The molecule has 0 aliphatic carbocycles. The molecule has 0 amide bonds. The minimum Gasteiger partial charge on any atom is -0.422 e. The summed E-state index contributed by atoms with van der Waals surface area (Å²) >= 11 is 0. The van der Waals surface area contributed by atoms with E-state index in [0.29, 0.717) is 11.3 Å². The number of rotatable bonds is 7. The highest BCUT2D eigenvalue weighted by atomic mass is 16.4. The number of aryl methyl sites for hydroxylation is 1. The molecule has 0 fully saturated rings. The summed E-state index contributed by atoms with van der Waals surface area (Å²) in [5.74, 6) is 0. The third-order valence-corrected chi connectivity index (χ3v) is 3.63. The molecule has 1 aromatic heterocycles. The van der Waals surface area contributed by atoms with Crippen LogP contribution >= 0.6 is 0 Å². The van der Waals surface area contributed by atoms with Crippen molar-refractivity contribution < 1.29 is 4.42 Å². The number of nitrogens with two attached hydrogens (primary N) is 1. The Morgan fingerprint density at radius 2 is 1.80 bits per heavy atom. The van der Waals surface area contributed by atoms with Gasteiger partial charge in [0.15, 0.2) is 0 Å². The van der Waals surface area contributed by atoms with E-state index >= 15 is 0 Å².